The lowest BCUT2D eigenvalue weighted by Crippen LogP contribution is -2.16. The first kappa shape index (κ1) is 19.9. The summed E-state index contributed by atoms with van der Waals surface area (Å²) < 4.78 is 0.942. The molecule has 0 amide bonds. The monoisotopic (exact) mass is 461 g/mol. The third-order valence-corrected chi connectivity index (χ3v) is 5.56. The van der Waals surface area contributed by atoms with Gasteiger partial charge in [-0.05, 0) is 48.9 Å². The minimum atomic E-state index is -0.224. The van der Waals surface area contributed by atoms with Crippen molar-refractivity contribution in [1.29, 1.82) is 0 Å². The van der Waals surface area contributed by atoms with E-state index in [2.05, 4.69) is 21.2 Å². The van der Waals surface area contributed by atoms with E-state index in [1.54, 1.807) is 6.07 Å². The maximum atomic E-state index is 12.8. The Kier molecular flexibility index (Phi) is 6.59. The third kappa shape index (κ3) is 5.35. The predicted octanol–water partition coefficient (Wildman–Crippen LogP) is 7.49. The molecule has 0 fully saturated rings. The van der Waals surface area contributed by atoms with Crippen LogP contribution in [0.2, 0.25) is 10.0 Å². The number of aryl methyl sites for hydroxylation is 1. The molecular weight excluding hydrogens is 445 g/mol. The molecule has 2 nitrogen and oxygen atoms in total. The van der Waals surface area contributed by atoms with Gasteiger partial charge in [-0.25, -0.2) is 0 Å². The third-order valence-electron chi connectivity index (χ3n) is 4.29. The number of nitrogens with one attached hydrogen (secondary N) is 1. The minimum Gasteiger partial charge on any atom is -0.378 e. The van der Waals surface area contributed by atoms with Gasteiger partial charge in [0.25, 0.3) is 0 Å². The van der Waals surface area contributed by atoms with Crippen LogP contribution in [0, 0.1) is 6.92 Å². The van der Waals surface area contributed by atoms with Gasteiger partial charge in [-0.1, -0.05) is 75.0 Å². The molecule has 0 spiro atoms. The number of ketones is 1. The molecule has 0 aromatic heterocycles. The van der Waals surface area contributed by atoms with Crippen LogP contribution in [0.5, 0.6) is 0 Å². The SMILES string of the molecule is Cc1ccc(NC(CC(=O)c2ccc(Br)cc2)c2ccc(Cl)c(Cl)c2)cc1. The Bertz CT molecular complexity index is 940. The molecule has 3 rings (SSSR count). The summed E-state index contributed by atoms with van der Waals surface area (Å²) in [6, 6.07) is 20.7. The van der Waals surface area contributed by atoms with Crippen molar-refractivity contribution in [2.75, 3.05) is 5.32 Å². The molecule has 3 aromatic carbocycles. The van der Waals surface area contributed by atoms with E-state index in [9.17, 15) is 4.79 Å². The van der Waals surface area contributed by atoms with Crippen molar-refractivity contribution in [1.82, 2.24) is 0 Å². The van der Waals surface area contributed by atoms with Crippen molar-refractivity contribution in [2.45, 2.75) is 19.4 Å². The largest absolute Gasteiger partial charge is 0.378 e. The Morgan fingerprint density at radius 1 is 0.963 bits per heavy atom. The summed E-state index contributed by atoms with van der Waals surface area (Å²) in [7, 11) is 0. The van der Waals surface area contributed by atoms with Gasteiger partial charge in [0.1, 0.15) is 0 Å². The van der Waals surface area contributed by atoms with Crippen molar-refractivity contribution >= 4 is 50.6 Å². The van der Waals surface area contributed by atoms with Gasteiger partial charge in [-0.2, -0.15) is 0 Å². The van der Waals surface area contributed by atoms with Crippen LogP contribution in [0.25, 0.3) is 0 Å². The standard InChI is InChI=1S/C22H18BrCl2NO/c1-14-2-9-18(10-3-14)26-21(16-6-11-19(24)20(25)12-16)13-22(27)15-4-7-17(23)8-5-15/h2-12,21,26H,13H2,1H3. The molecule has 0 bridgehead atoms. The number of hydrogen-bond acceptors (Lipinski definition) is 2. The first-order chi connectivity index (χ1) is 12.9. The highest BCUT2D eigenvalue weighted by Crippen LogP contribution is 2.30. The van der Waals surface area contributed by atoms with Gasteiger partial charge in [-0.15, -0.1) is 0 Å². The smallest absolute Gasteiger partial charge is 0.165 e. The number of carbonyl (C=O) groups is 1. The zero-order valence-electron chi connectivity index (χ0n) is 14.7. The Labute approximate surface area is 177 Å². The summed E-state index contributed by atoms with van der Waals surface area (Å²) in [5, 5.41) is 4.42. The van der Waals surface area contributed by atoms with Gasteiger partial charge < -0.3 is 5.32 Å². The fourth-order valence-corrected chi connectivity index (χ4v) is 3.34. The molecule has 3 aromatic rings. The zero-order chi connectivity index (χ0) is 19.4. The number of anilines is 1. The quantitative estimate of drug-likeness (QED) is 0.384. The summed E-state index contributed by atoms with van der Waals surface area (Å²) in [4.78, 5) is 12.8. The summed E-state index contributed by atoms with van der Waals surface area (Å²) in [6.45, 7) is 2.04. The molecule has 0 saturated carbocycles. The lowest BCUT2D eigenvalue weighted by atomic mass is 9.97. The van der Waals surface area contributed by atoms with Crippen LogP contribution in [0.4, 0.5) is 5.69 Å². The predicted molar refractivity (Wildman–Crippen MR) is 117 cm³/mol. The molecule has 0 aliphatic heterocycles. The first-order valence-corrected chi connectivity index (χ1v) is 10.0. The second-order valence-corrected chi connectivity index (χ2v) is 8.10. The van der Waals surface area contributed by atoms with Gasteiger partial charge in [0.05, 0.1) is 16.1 Å². The summed E-state index contributed by atoms with van der Waals surface area (Å²) in [5.74, 6) is 0.0539. The van der Waals surface area contributed by atoms with Crippen LogP contribution in [-0.4, -0.2) is 5.78 Å². The lowest BCUT2D eigenvalue weighted by Gasteiger charge is -2.21. The second-order valence-electron chi connectivity index (χ2n) is 6.37. The maximum absolute atomic E-state index is 12.8. The van der Waals surface area contributed by atoms with Gasteiger partial charge in [0.15, 0.2) is 5.78 Å². The number of hydrogen-bond donors (Lipinski definition) is 1. The van der Waals surface area contributed by atoms with Crippen LogP contribution in [0.1, 0.15) is 33.9 Å². The van der Waals surface area contributed by atoms with Crippen molar-refractivity contribution in [2.24, 2.45) is 0 Å². The second kappa shape index (κ2) is 8.92. The highest BCUT2D eigenvalue weighted by Gasteiger charge is 2.18. The van der Waals surface area contributed by atoms with Crippen LogP contribution >= 0.6 is 39.1 Å². The fraction of sp³-hybridized carbons (Fsp3) is 0.136. The first-order valence-electron chi connectivity index (χ1n) is 8.49. The highest BCUT2D eigenvalue weighted by molar-refractivity contribution is 9.10. The molecular formula is C22H18BrCl2NO. The van der Waals surface area contributed by atoms with E-state index >= 15 is 0 Å². The Morgan fingerprint density at radius 2 is 1.63 bits per heavy atom. The molecule has 1 N–H and O–H groups in total. The van der Waals surface area contributed by atoms with Gasteiger partial charge in [-0.3, -0.25) is 4.79 Å². The molecule has 27 heavy (non-hydrogen) atoms. The van der Waals surface area contributed by atoms with E-state index < -0.39 is 0 Å². The van der Waals surface area contributed by atoms with Gasteiger partial charge >= 0.3 is 0 Å². The minimum absolute atomic E-state index is 0.0539. The zero-order valence-corrected chi connectivity index (χ0v) is 17.8. The molecule has 0 heterocycles. The number of rotatable bonds is 6. The van der Waals surface area contributed by atoms with Gasteiger partial charge in [0, 0.05) is 22.1 Å². The molecule has 0 saturated heterocycles. The van der Waals surface area contributed by atoms with Gasteiger partial charge in [0.2, 0.25) is 0 Å². The molecule has 0 radical (unpaired) electrons. The molecule has 0 aliphatic rings. The van der Waals surface area contributed by atoms with Crippen LogP contribution in [0.15, 0.2) is 71.2 Å². The van der Waals surface area contributed by atoms with E-state index in [4.69, 9.17) is 23.2 Å². The van der Waals surface area contributed by atoms with E-state index in [1.807, 2.05) is 67.6 Å². The average Bonchev–Trinajstić information content (AvgIpc) is 2.65. The van der Waals surface area contributed by atoms with E-state index in [1.165, 1.54) is 5.56 Å². The van der Waals surface area contributed by atoms with Crippen molar-refractivity contribution in [3.63, 3.8) is 0 Å². The number of halogens is 3. The number of benzene rings is 3. The molecule has 0 aliphatic carbocycles. The topological polar surface area (TPSA) is 29.1 Å². The van der Waals surface area contributed by atoms with Crippen LogP contribution in [-0.2, 0) is 0 Å². The lowest BCUT2D eigenvalue weighted by molar-refractivity contribution is 0.0976. The van der Waals surface area contributed by atoms with Crippen molar-refractivity contribution < 1.29 is 4.79 Å². The summed E-state index contributed by atoms with van der Waals surface area (Å²) in [6.07, 6.45) is 0.299. The highest BCUT2D eigenvalue weighted by atomic mass is 79.9. The average molecular weight is 463 g/mol. The molecule has 1 atom stereocenters. The fourth-order valence-electron chi connectivity index (χ4n) is 2.77. The van der Waals surface area contributed by atoms with Crippen LogP contribution in [0.3, 0.4) is 0 Å². The van der Waals surface area contributed by atoms with E-state index in [-0.39, 0.29) is 11.8 Å². The number of Topliss-reactive ketones (excluding diaryl/α,β-unsaturated/α-hetero) is 1. The van der Waals surface area contributed by atoms with E-state index in [0.717, 1.165) is 15.7 Å². The van der Waals surface area contributed by atoms with Crippen LogP contribution < -0.4 is 5.32 Å². The van der Waals surface area contributed by atoms with Crippen molar-refractivity contribution in [3.8, 4) is 0 Å². The molecule has 5 heteroatoms. The van der Waals surface area contributed by atoms with Crippen molar-refractivity contribution in [3.05, 3.63) is 97.9 Å². The Hall–Kier alpha value is -1.81. The molecule has 138 valence electrons. The Morgan fingerprint density at radius 3 is 2.26 bits per heavy atom. The van der Waals surface area contributed by atoms with E-state index in [0.29, 0.717) is 22.0 Å². The Balaban J connectivity index is 1.88. The maximum Gasteiger partial charge on any atom is 0.165 e. The normalized spacial score (nSPS) is 11.9. The number of carbonyl (C=O) groups excluding carboxylic acids is 1. The molecule has 1 unspecified atom stereocenters. The summed E-state index contributed by atoms with van der Waals surface area (Å²) >= 11 is 15.7. The summed E-state index contributed by atoms with van der Waals surface area (Å²) in [5.41, 5.74) is 3.71.